The van der Waals surface area contributed by atoms with Crippen molar-refractivity contribution in [1.29, 1.82) is 0 Å². The fourth-order valence-corrected chi connectivity index (χ4v) is 2.68. The Morgan fingerprint density at radius 1 is 1.08 bits per heavy atom. The van der Waals surface area contributed by atoms with Crippen LogP contribution in [0.2, 0.25) is 0 Å². The molecule has 0 aliphatic carbocycles. The second kappa shape index (κ2) is 11.6. The van der Waals surface area contributed by atoms with Gasteiger partial charge in [0.15, 0.2) is 0 Å². The van der Waals surface area contributed by atoms with Crippen molar-refractivity contribution >= 4 is 30.4 Å². The van der Waals surface area contributed by atoms with Gasteiger partial charge in [-0.25, -0.2) is 0 Å². The van der Waals surface area contributed by atoms with Gasteiger partial charge in [0, 0.05) is 6.42 Å². The molecule has 0 unspecified atom stereocenters. The smallest absolute Gasteiger partial charge is 0.325 e. The summed E-state index contributed by atoms with van der Waals surface area (Å²) in [5.41, 5.74) is 0.873. The predicted octanol–water partition coefficient (Wildman–Crippen LogP) is 2.18. The van der Waals surface area contributed by atoms with Crippen LogP contribution in [0.25, 0.3) is 0 Å². The van der Waals surface area contributed by atoms with Gasteiger partial charge in [-0.15, -0.1) is 0 Å². The first-order valence-electron chi connectivity index (χ1n) is 8.90. The summed E-state index contributed by atoms with van der Waals surface area (Å²) >= 11 is 4.33. The molecular formula is C19H28N2O4S. The molecule has 1 aromatic carbocycles. The van der Waals surface area contributed by atoms with E-state index in [0.29, 0.717) is 6.42 Å². The maximum Gasteiger partial charge on any atom is 0.325 e. The third-order valence-corrected chi connectivity index (χ3v) is 4.52. The van der Waals surface area contributed by atoms with Gasteiger partial charge in [0.05, 0.1) is 5.25 Å². The lowest BCUT2D eigenvalue weighted by Gasteiger charge is -2.22. The fraction of sp³-hybridized carbons (Fsp3) is 0.526. The molecule has 3 atom stereocenters. The highest BCUT2D eigenvalue weighted by Gasteiger charge is 2.26. The molecule has 0 fully saturated rings. The molecule has 0 aliphatic rings. The minimum atomic E-state index is -1.13. The summed E-state index contributed by atoms with van der Waals surface area (Å²) < 4.78 is 0. The van der Waals surface area contributed by atoms with Gasteiger partial charge in [-0.1, -0.05) is 56.5 Å². The van der Waals surface area contributed by atoms with E-state index < -0.39 is 29.2 Å². The van der Waals surface area contributed by atoms with Gasteiger partial charge >= 0.3 is 5.97 Å². The molecule has 0 spiro atoms. The van der Waals surface area contributed by atoms with Crippen LogP contribution in [0.3, 0.4) is 0 Å². The number of hydrogen-bond acceptors (Lipinski definition) is 4. The summed E-state index contributed by atoms with van der Waals surface area (Å²) in [7, 11) is 0. The number of benzene rings is 1. The number of carbonyl (C=O) groups excluding carboxylic acids is 2. The van der Waals surface area contributed by atoms with Crippen molar-refractivity contribution in [2.24, 2.45) is 0 Å². The number of nitrogens with one attached hydrogen (secondary N) is 2. The molecular weight excluding hydrogens is 352 g/mol. The van der Waals surface area contributed by atoms with Crippen LogP contribution in [0.4, 0.5) is 0 Å². The average molecular weight is 381 g/mol. The largest absolute Gasteiger partial charge is 0.480 e. The Balaban J connectivity index is 2.77. The molecule has 7 heteroatoms. The van der Waals surface area contributed by atoms with Crippen LogP contribution in [0.1, 0.15) is 45.1 Å². The van der Waals surface area contributed by atoms with Crippen LogP contribution in [-0.4, -0.2) is 40.2 Å². The first-order chi connectivity index (χ1) is 12.3. The van der Waals surface area contributed by atoms with Crippen molar-refractivity contribution in [2.75, 3.05) is 0 Å². The van der Waals surface area contributed by atoms with Crippen LogP contribution in [0.5, 0.6) is 0 Å². The number of unbranched alkanes of at least 4 members (excludes halogenated alkanes) is 2. The topological polar surface area (TPSA) is 95.5 Å². The summed E-state index contributed by atoms with van der Waals surface area (Å²) in [5, 5.41) is 13.6. The monoisotopic (exact) mass is 380 g/mol. The van der Waals surface area contributed by atoms with E-state index in [-0.39, 0.29) is 12.3 Å². The molecule has 0 saturated carbocycles. The van der Waals surface area contributed by atoms with Gasteiger partial charge in [0.25, 0.3) is 0 Å². The number of carboxylic acid groups (broad SMARTS) is 1. The number of aliphatic carboxylic acids is 1. The molecule has 3 N–H and O–H groups in total. The molecule has 144 valence electrons. The number of carboxylic acids is 1. The summed E-state index contributed by atoms with van der Waals surface area (Å²) in [6.07, 6.45) is 3.88. The molecule has 0 radical (unpaired) electrons. The van der Waals surface area contributed by atoms with E-state index in [0.717, 1.165) is 24.8 Å². The van der Waals surface area contributed by atoms with E-state index in [1.807, 2.05) is 30.3 Å². The lowest BCUT2D eigenvalue weighted by Crippen LogP contribution is -2.53. The fourth-order valence-electron chi connectivity index (χ4n) is 2.42. The highest BCUT2D eigenvalue weighted by molar-refractivity contribution is 7.81. The SMILES string of the molecule is CCCCC[C@H](S)C(=O)N[C@@H](Cc1ccccc1)C(=O)N[C@@H](C)C(=O)O. The number of thiol groups is 1. The number of rotatable bonds is 11. The van der Waals surface area contributed by atoms with Crippen LogP contribution in [0.15, 0.2) is 30.3 Å². The van der Waals surface area contributed by atoms with Crippen molar-refractivity contribution < 1.29 is 19.5 Å². The molecule has 1 aromatic rings. The third kappa shape index (κ3) is 7.91. The zero-order valence-corrected chi connectivity index (χ0v) is 16.2. The molecule has 0 heterocycles. The summed E-state index contributed by atoms with van der Waals surface area (Å²) in [6.45, 7) is 3.46. The van der Waals surface area contributed by atoms with Crippen molar-refractivity contribution in [1.82, 2.24) is 10.6 Å². The summed E-state index contributed by atoms with van der Waals surface area (Å²) in [6, 6.07) is 7.37. The normalized spacial score (nSPS) is 14.1. The van der Waals surface area contributed by atoms with Gasteiger partial charge in [-0.3, -0.25) is 14.4 Å². The molecule has 26 heavy (non-hydrogen) atoms. The minimum Gasteiger partial charge on any atom is -0.480 e. The second-order valence-corrected chi connectivity index (χ2v) is 6.95. The Kier molecular flexibility index (Phi) is 9.80. The minimum absolute atomic E-state index is 0.278. The Labute approximate surface area is 160 Å². The highest BCUT2D eigenvalue weighted by atomic mass is 32.1. The van der Waals surface area contributed by atoms with Gasteiger partial charge in [-0.05, 0) is 18.9 Å². The molecule has 0 saturated heterocycles. The van der Waals surface area contributed by atoms with Gasteiger partial charge in [0.2, 0.25) is 11.8 Å². The zero-order valence-electron chi connectivity index (χ0n) is 15.3. The van der Waals surface area contributed by atoms with Gasteiger partial charge < -0.3 is 15.7 Å². The van der Waals surface area contributed by atoms with E-state index in [4.69, 9.17) is 5.11 Å². The number of carbonyl (C=O) groups is 3. The van der Waals surface area contributed by atoms with Crippen molar-refractivity contribution in [3.63, 3.8) is 0 Å². The number of hydrogen-bond donors (Lipinski definition) is 4. The Morgan fingerprint density at radius 3 is 2.31 bits per heavy atom. The van der Waals surface area contributed by atoms with E-state index in [1.165, 1.54) is 6.92 Å². The standard InChI is InChI=1S/C19H28N2O4S/c1-3-4-6-11-16(26)18(23)21-15(12-14-9-7-5-8-10-14)17(22)20-13(2)19(24)25/h5,7-10,13,15-16,26H,3-4,6,11-12H2,1-2H3,(H,20,22)(H,21,23)(H,24,25)/t13-,15-,16-/m0/s1. The molecule has 0 aromatic heterocycles. The van der Waals surface area contributed by atoms with Crippen LogP contribution >= 0.6 is 12.6 Å². The Hall–Kier alpha value is -2.02. The first-order valence-corrected chi connectivity index (χ1v) is 9.42. The van der Waals surface area contributed by atoms with Crippen LogP contribution in [-0.2, 0) is 20.8 Å². The summed E-state index contributed by atoms with van der Waals surface area (Å²) in [5.74, 6) is -1.97. The number of amides is 2. The van der Waals surface area contributed by atoms with Crippen LogP contribution < -0.4 is 10.6 Å². The molecule has 2 amide bonds. The molecule has 1 rings (SSSR count). The maximum atomic E-state index is 12.5. The lowest BCUT2D eigenvalue weighted by molar-refractivity contribution is -0.141. The zero-order chi connectivity index (χ0) is 19.5. The molecule has 0 aliphatic heterocycles. The van der Waals surface area contributed by atoms with E-state index >= 15 is 0 Å². The second-order valence-electron chi connectivity index (χ2n) is 6.33. The Morgan fingerprint density at radius 2 is 1.73 bits per heavy atom. The van der Waals surface area contributed by atoms with E-state index in [9.17, 15) is 14.4 Å². The molecule has 0 bridgehead atoms. The third-order valence-electron chi connectivity index (χ3n) is 4.03. The average Bonchev–Trinajstić information content (AvgIpc) is 2.61. The summed E-state index contributed by atoms with van der Waals surface area (Å²) in [4.78, 5) is 35.8. The van der Waals surface area contributed by atoms with Crippen molar-refractivity contribution in [3.8, 4) is 0 Å². The van der Waals surface area contributed by atoms with Crippen molar-refractivity contribution in [3.05, 3.63) is 35.9 Å². The molecule has 6 nitrogen and oxygen atoms in total. The maximum absolute atomic E-state index is 12.5. The lowest BCUT2D eigenvalue weighted by atomic mass is 10.0. The van der Waals surface area contributed by atoms with Gasteiger partial charge in [-0.2, -0.15) is 12.6 Å². The van der Waals surface area contributed by atoms with Crippen LogP contribution in [0, 0.1) is 0 Å². The van der Waals surface area contributed by atoms with Crippen molar-refractivity contribution in [2.45, 2.75) is 63.3 Å². The quantitative estimate of drug-likeness (QED) is 0.350. The highest BCUT2D eigenvalue weighted by Crippen LogP contribution is 2.10. The van der Waals surface area contributed by atoms with E-state index in [2.05, 4.69) is 30.2 Å². The van der Waals surface area contributed by atoms with Gasteiger partial charge in [0.1, 0.15) is 12.1 Å². The predicted molar refractivity (Wildman–Crippen MR) is 104 cm³/mol. The Bertz CT molecular complexity index is 594. The van der Waals surface area contributed by atoms with E-state index in [1.54, 1.807) is 0 Å². The first kappa shape index (κ1) is 22.0.